The van der Waals surface area contributed by atoms with E-state index in [4.69, 9.17) is 10.5 Å². The first kappa shape index (κ1) is 23.0. The van der Waals surface area contributed by atoms with Gasteiger partial charge >= 0.3 is 15.1 Å². The van der Waals surface area contributed by atoms with Gasteiger partial charge in [-0.1, -0.05) is 0 Å². The molecule has 0 aliphatic heterocycles. The summed E-state index contributed by atoms with van der Waals surface area (Å²) >= 11 is 0. The Balaban J connectivity index is -0.0000000482. The minimum atomic E-state index is -3.67. The Bertz CT molecular complexity index is 129. The average Bonchev–Trinajstić information content (AvgIpc) is 1.85. The SMILES string of the molecule is CC#N.CC#N.FB(F)F.FB(F)F. The van der Waals surface area contributed by atoms with Crippen LogP contribution in [0.3, 0.4) is 0 Å². The van der Waals surface area contributed by atoms with E-state index in [9.17, 15) is 25.9 Å². The van der Waals surface area contributed by atoms with Gasteiger partial charge in [0.25, 0.3) is 0 Å². The molecule has 0 atom stereocenters. The van der Waals surface area contributed by atoms with Crippen molar-refractivity contribution in [2.24, 2.45) is 0 Å². The molecule has 0 aromatic heterocycles. The molecule has 0 heterocycles. The van der Waals surface area contributed by atoms with Crippen molar-refractivity contribution in [2.75, 3.05) is 0 Å². The van der Waals surface area contributed by atoms with Gasteiger partial charge in [-0.3, -0.25) is 25.9 Å². The van der Waals surface area contributed by atoms with E-state index in [-0.39, 0.29) is 0 Å². The van der Waals surface area contributed by atoms with Gasteiger partial charge in [0.05, 0.1) is 12.1 Å². The molecule has 0 fully saturated rings. The van der Waals surface area contributed by atoms with E-state index in [0.29, 0.717) is 0 Å². The van der Waals surface area contributed by atoms with Crippen molar-refractivity contribution < 1.29 is 25.9 Å². The smallest absolute Gasteiger partial charge is 0.254 e. The van der Waals surface area contributed by atoms with Crippen LogP contribution in [0.4, 0.5) is 25.9 Å². The van der Waals surface area contributed by atoms with Crippen LogP contribution < -0.4 is 0 Å². The molecular formula is C4H6B2F6N2. The third-order valence-electron chi connectivity index (χ3n) is 0. The number of hydrogen-bond donors (Lipinski definition) is 0. The van der Waals surface area contributed by atoms with Crippen LogP contribution in [0.5, 0.6) is 0 Å². The summed E-state index contributed by atoms with van der Waals surface area (Å²) in [6, 6.07) is 3.50. The maximum absolute atomic E-state index is 9.67. The number of nitriles is 2. The highest BCUT2D eigenvalue weighted by Crippen LogP contribution is 1.80. The molecule has 0 aromatic rings. The molecule has 0 amide bonds. The van der Waals surface area contributed by atoms with Crippen LogP contribution in [0.25, 0.3) is 0 Å². The Morgan fingerprint density at radius 1 is 0.714 bits per heavy atom. The molecule has 0 spiro atoms. The lowest BCUT2D eigenvalue weighted by atomic mass is 10.5. The quantitative estimate of drug-likeness (QED) is 0.463. The highest BCUT2D eigenvalue weighted by atomic mass is 19.4. The monoisotopic (exact) mass is 218 g/mol. The molecule has 2 nitrogen and oxygen atoms in total. The molecule has 14 heavy (non-hydrogen) atoms. The van der Waals surface area contributed by atoms with Gasteiger partial charge in [-0.2, -0.15) is 10.5 Å². The Kier molecular flexibility index (Phi) is 49.0. The molecule has 0 N–H and O–H groups in total. The molecule has 0 aliphatic carbocycles. The van der Waals surface area contributed by atoms with Crippen molar-refractivity contribution in [3.05, 3.63) is 0 Å². The summed E-state index contributed by atoms with van der Waals surface area (Å²) in [6.45, 7) is 2.86. The van der Waals surface area contributed by atoms with Crippen molar-refractivity contribution in [2.45, 2.75) is 13.8 Å². The van der Waals surface area contributed by atoms with Crippen molar-refractivity contribution in [3.8, 4) is 12.1 Å². The molecule has 0 saturated heterocycles. The van der Waals surface area contributed by atoms with E-state index >= 15 is 0 Å². The fraction of sp³-hybridized carbons (Fsp3) is 0.500. The van der Waals surface area contributed by atoms with Crippen molar-refractivity contribution >= 4 is 15.1 Å². The Labute approximate surface area is 78.6 Å². The van der Waals surface area contributed by atoms with Gasteiger partial charge in [-0.15, -0.1) is 0 Å². The number of halogens is 6. The molecule has 0 rings (SSSR count). The standard InChI is InChI=1S/2C2H3N.2BF3/c2*1-2-3;2*2-1(3)4/h2*1H3;;. The number of hydrogen-bond acceptors (Lipinski definition) is 2. The second-order valence-corrected chi connectivity index (χ2v) is 0.942. The van der Waals surface area contributed by atoms with Crippen LogP contribution in [0.15, 0.2) is 0 Å². The first-order chi connectivity index (χ1) is 6.29. The predicted molar refractivity (Wildman–Crippen MR) is 40.7 cm³/mol. The summed E-state index contributed by atoms with van der Waals surface area (Å²) < 4.78 is 58.0. The van der Waals surface area contributed by atoms with Gasteiger partial charge in [0, 0.05) is 13.8 Å². The average molecular weight is 218 g/mol. The van der Waals surface area contributed by atoms with Gasteiger partial charge in [-0.25, -0.2) is 0 Å². The van der Waals surface area contributed by atoms with E-state index in [0.717, 1.165) is 0 Å². The number of nitrogens with zero attached hydrogens (tertiary/aromatic N) is 2. The summed E-state index contributed by atoms with van der Waals surface area (Å²) in [7, 11) is -7.33. The molecule has 80 valence electrons. The molecular weight excluding hydrogens is 212 g/mol. The topological polar surface area (TPSA) is 47.6 Å². The van der Waals surface area contributed by atoms with Crippen LogP contribution in [-0.4, -0.2) is 15.1 Å². The maximum Gasteiger partial charge on any atom is 0.762 e. The molecule has 0 aliphatic rings. The third-order valence-corrected chi connectivity index (χ3v) is 0. The van der Waals surface area contributed by atoms with E-state index in [1.807, 2.05) is 0 Å². The van der Waals surface area contributed by atoms with Crippen LogP contribution in [0.1, 0.15) is 13.8 Å². The lowest BCUT2D eigenvalue weighted by Gasteiger charge is -1.55. The van der Waals surface area contributed by atoms with Gasteiger partial charge in [0.2, 0.25) is 0 Å². The summed E-state index contributed by atoms with van der Waals surface area (Å²) in [5.74, 6) is 0. The Hall–Kier alpha value is -1.31. The third kappa shape index (κ3) is 585. The largest absolute Gasteiger partial charge is 0.762 e. The molecule has 0 saturated carbocycles. The Morgan fingerprint density at radius 2 is 0.714 bits per heavy atom. The second-order valence-electron chi connectivity index (χ2n) is 0.942. The lowest BCUT2D eigenvalue weighted by molar-refractivity contribution is 0.533. The summed E-state index contributed by atoms with van der Waals surface area (Å²) in [4.78, 5) is 0. The molecule has 10 heteroatoms. The van der Waals surface area contributed by atoms with E-state index < -0.39 is 15.1 Å². The number of rotatable bonds is 0. The predicted octanol–water partition coefficient (Wildman–Crippen LogP) is 2.82. The summed E-state index contributed by atoms with van der Waals surface area (Å²) in [5, 5.41) is 14.6. The second kappa shape index (κ2) is 29.8. The highest BCUT2D eigenvalue weighted by molar-refractivity contribution is 6.33. The molecule has 0 aromatic carbocycles. The van der Waals surface area contributed by atoms with E-state index in [2.05, 4.69) is 0 Å². The van der Waals surface area contributed by atoms with E-state index in [1.165, 1.54) is 13.8 Å². The van der Waals surface area contributed by atoms with Crippen LogP contribution in [0.2, 0.25) is 0 Å². The zero-order valence-corrected chi connectivity index (χ0v) is 7.32. The molecule has 0 bridgehead atoms. The zero-order chi connectivity index (χ0) is 12.6. The minimum Gasteiger partial charge on any atom is -0.254 e. The summed E-state index contributed by atoms with van der Waals surface area (Å²) in [6.07, 6.45) is 0. The van der Waals surface area contributed by atoms with E-state index in [1.54, 1.807) is 12.1 Å². The molecule has 0 radical (unpaired) electrons. The van der Waals surface area contributed by atoms with Gasteiger partial charge in [-0.05, 0) is 0 Å². The van der Waals surface area contributed by atoms with Crippen molar-refractivity contribution in [1.29, 1.82) is 10.5 Å². The van der Waals surface area contributed by atoms with Crippen molar-refractivity contribution in [3.63, 3.8) is 0 Å². The maximum atomic E-state index is 9.67. The van der Waals surface area contributed by atoms with Crippen LogP contribution in [-0.2, 0) is 0 Å². The normalized spacial score (nSPS) is 5.00. The Morgan fingerprint density at radius 3 is 0.714 bits per heavy atom. The van der Waals surface area contributed by atoms with Crippen LogP contribution in [0, 0.1) is 22.7 Å². The first-order valence-corrected chi connectivity index (χ1v) is 2.76. The van der Waals surface area contributed by atoms with Gasteiger partial charge in [0.1, 0.15) is 0 Å². The summed E-state index contributed by atoms with van der Waals surface area (Å²) in [5.41, 5.74) is 0. The molecule has 0 unspecified atom stereocenters. The minimum absolute atomic E-state index is 1.43. The zero-order valence-electron chi connectivity index (χ0n) is 7.32. The van der Waals surface area contributed by atoms with Gasteiger partial charge in [0.15, 0.2) is 0 Å². The van der Waals surface area contributed by atoms with Crippen molar-refractivity contribution in [1.82, 2.24) is 0 Å². The first-order valence-electron chi connectivity index (χ1n) is 2.76. The fourth-order valence-electron chi connectivity index (χ4n) is 0. The highest BCUT2D eigenvalue weighted by Gasteiger charge is 2.06. The fourth-order valence-corrected chi connectivity index (χ4v) is 0. The lowest BCUT2D eigenvalue weighted by Crippen LogP contribution is -1.76. The van der Waals surface area contributed by atoms with Gasteiger partial charge < -0.3 is 0 Å². The van der Waals surface area contributed by atoms with Crippen LogP contribution >= 0.6 is 0 Å².